The summed E-state index contributed by atoms with van der Waals surface area (Å²) in [6, 6.07) is 7.66. The van der Waals surface area contributed by atoms with Gasteiger partial charge >= 0.3 is 6.18 Å². The van der Waals surface area contributed by atoms with Crippen LogP contribution in [0, 0.1) is 0 Å². The average molecular weight is 303 g/mol. The third kappa shape index (κ3) is 3.60. The molecule has 1 aromatic carbocycles. The number of nitrogens with zero attached hydrogens (tertiary/aromatic N) is 2. The van der Waals surface area contributed by atoms with Crippen LogP contribution in [0.25, 0.3) is 0 Å². The maximum Gasteiger partial charge on any atom is 0.433 e. The molecule has 0 atom stereocenters. The van der Waals surface area contributed by atoms with Gasteiger partial charge in [0.2, 0.25) is 11.2 Å². The number of aromatic nitrogens is 2. The molecule has 20 heavy (non-hydrogen) atoms. The van der Waals surface area contributed by atoms with E-state index in [0.717, 1.165) is 12.0 Å². The van der Waals surface area contributed by atoms with Crippen molar-refractivity contribution in [3.05, 3.63) is 46.9 Å². The van der Waals surface area contributed by atoms with Gasteiger partial charge < -0.3 is 4.74 Å². The van der Waals surface area contributed by atoms with E-state index in [1.165, 1.54) is 0 Å². The Morgan fingerprint density at radius 1 is 1.15 bits per heavy atom. The molecule has 0 aliphatic heterocycles. The van der Waals surface area contributed by atoms with E-state index in [9.17, 15) is 13.2 Å². The normalized spacial score (nSPS) is 11.4. The summed E-state index contributed by atoms with van der Waals surface area (Å²) >= 11 is 5.47. The number of benzene rings is 1. The van der Waals surface area contributed by atoms with Crippen molar-refractivity contribution in [3.63, 3.8) is 0 Å². The van der Waals surface area contributed by atoms with Gasteiger partial charge in [0.05, 0.1) is 0 Å². The molecule has 0 N–H and O–H groups in total. The van der Waals surface area contributed by atoms with E-state index in [0.29, 0.717) is 11.8 Å². The largest absolute Gasteiger partial charge is 0.439 e. The summed E-state index contributed by atoms with van der Waals surface area (Å²) in [4.78, 5) is 6.74. The number of aryl methyl sites for hydroxylation is 1. The minimum atomic E-state index is -4.60. The first-order valence-corrected chi connectivity index (χ1v) is 6.15. The molecule has 2 aromatic rings. The number of alkyl halides is 3. The van der Waals surface area contributed by atoms with Crippen LogP contribution >= 0.6 is 11.6 Å². The molecule has 106 valence electrons. The molecule has 0 unspecified atom stereocenters. The third-order valence-corrected chi connectivity index (χ3v) is 2.69. The average Bonchev–Trinajstić information content (AvgIpc) is 2.38. The van der Waals surface area contributed by atoms with Gasteiger partial charge in [-0.1, -0.05) is 19.1 Å². The second-order valence-electron chi connectivity index (χ2n) is 3.96. The number of hydrogen-bond donors (Lipinski definition) is 0. The SMILES string of the molecule is CCc1ccc(Oc2cc(C(F)(F)F)nc(Cl)n2)cc1. The maximum absolute atomic E-state index is 12.6. The van der Waals surface area contributed by atoms with Crippen molar-refractivity contribution in [2.75, 3.05) is 0 Å². The molecule has 0 aliphatic rings. The van der Waals surface area contributed by atoms with Crippen LogP contribution in [-0.2, 0) is 12.6 Å². The highest BCUT2D eigenvalue weighted by molar-refractivity contribution is 6.28. The predicted octanol–water partition coefficient (Wildman–Crippen LogP) is 4.50. The molecule has 0 amide bonds. The molecule has 0 radical (unpaired) electrons. The van der Waals surface area contributed by atoms with E-state index in [4.69, 9.17) is 16.3 Å². The Morgan fingerprint density at radius 3 is 2.35 bits per heavy atom. The zero-order valence-electron chi connectivity index (χ0n) is 10.4. The molecular weight excluding hydrogens is 293 g/mol. The molecule has 0 aliphatic carbocycles. The summed E-state index contributed by atoms with van der Waals surface area (Å²) in [5.74, 6) is 0.131. The lowest BCUT2D eigenvalue weighted by atomic mass is 10.2. The van der Waals surface area contributed by atoms with E-state index < -0.39 is 17.2 Å². The molecule has 0 saturated heterocycles. The van der Waals surface area contributed by atoms with Crippen LogP contribution in [0.1, 0.15) is 18.2 Å². The molecular formula is C13H10ClF3N2O. The summed E-state index contributed by atoms with van der Waals surface area (Å²) in [6.07, 6.45) is -3.74. The Hall–Kier alpha value is -1.82. The van der Waals surface area contributed by atoms with Crippen molar-refractivity contribution in [3.8, 4) is 11.6 Å². The molecule has 0 spiro atoms. The van der Waals surface area contributed by atoms with E-state index in [-0.39, 0.29) is 5.88 Å². The number of hydrogen-bond acceptors (Lipinski definition) is 3. The summed E-state index contributed by atoms with van der Waals surface area (Å²) in [5.41, 5.74) is -0.0493. The van der Waals surface area contributed by atoms with Crippen LogP contribution in [0.15, 0.2) is 30.3 Å². The van der Waals surface area contributed by atoms with Crippen LogP contribution in [-0.4, -0.2) is 9.97 Å². The van der Waals surface area contributed by atoms with E-state index in [1.54, 1.807) is 12.1 Å². The van der Waals surface area contributed by atoms with Crippen LogP contribution in [0.4, 0.5) is 13.2 Å². The zero-order chi connectivity index (χ0) is 14.8. The molecule has 0 fully saturated rings. The van der Waals surface area contributed by atoms with Crippen LogP contribution in [0.2, 0.25) is 5.28 Å². The van der Waals surface area contributed by atoms with Crippen molar-refractivity contribution in [1.29, 1.82) is 0 Å². The molecule has 0 bridgehead atoms. The minimum Gasteiger partial charge on any atom is -0.439 e. The highest BCUT2D eigenvalue weighted by Gasteiger charge is 2.33. The summed E-state index contributed by atoms with van der Waals surface area (Å²) in [7, 11) is 0. The second kappa shape index (κ2) is 5.66. The Kier molecular flexibility index (Phi) is 4.13. The third-order valence-electron chi connectivity index (χ3n) is 2.52. The van der Waals surface area contributed by atoms with Crippen molar-refractivity contribution in [2.24, 2.45) is 0 Å². The van der Waals surface area contributed by atoms with Gasteiger partial charge in [-0.15, -0.1) is 0 Å². The Labute approximate surface area is 118 Å². The first kappa shape index (κ1) is 14.6. The summed E-state index contributed by atoms with van der Waals surface area (Å²) < 4.78 is 43.0. The van der Waals surface area contributed by atoms with Gasteiger partial charge in [-0.25, -0.2) is 4.98 Å². The maximum atomic E-state index is 12.6. The lowest BCUT2D eigenvalue weighted by molar-refractivity contribution is -0.141. The van der Waals surface area contributed by atoms with Gasteiger partial charge in [0, 0.05) is 6.07 Å². The fourth-order valence-corrected chi connectivity index (χ4v) is 1.68. The van der Waals surface area contributed by atoms with Crippen molar-refractivity contribution < 1.29 is 17.9 Å². The molecule has 1 heterocycles. The Bertz CT molecular complexity index is 600. The Balaban J connectivity index is 2.26. The quantitative estimate of drug-likeness (QED) is 0.783. The van der Waals surface area contributed by atoms with Crippen molar-refractivity contribution >= 4 is 11.6 Å². The van der Waals surface area contributed by atoms with Gasteiger partial charge in [0.1, 0.15) is 5.75 Å². The highest BCUT2D eigenvalue weighted by Crippen LogP contribution is 2.31. The van der Waals surface area contributed by atoms with Crippen LogP contribution in [0.5, 0.6) is 11.6 Å². The molecule has 2 rings (SSSR count). The van der Waals surface area contributed by atoms with Crippen LogP contribution < -0.4 is 4.74 Å². The molecule has 0 saturated carbocycles. The second-order valence-corrected chi connectivity index (χ2v) is 4.30. The van der Waals surface area contributed by atoms with E-state index in [2.05, 4.69) is 9.97 Å². The highest BCUT2D eigenvalue weighted by atomic mass is 35.5. The molecule has 3 nitrogen and oxygen atoms in total. The van der Waals surface area contributed by atoms with Gasteiger partial charge in [0.15, 0.2) is 5.69 Å². The summed E-state index contributed by atoms with van der Waals surface area (Å²) in [6.45, 7) is 2.00. The fraction of sp³-hybridized carbons (Fsp3) is 0.231. The fourth-order valence-electron chi connectivity index (χ4n) is 1.51. The lowest BCUT2D eigenvalue weighted by Gasteiger charge is -2.09. The van der Waals surface area contributed by atoms with E-state index >= 15 is 0 Å². The predicted molar refractivity (Wildman–Crippen MR) is 67.9 cm³/mol. The number of halogens is 4. The number of ether oxygens (including phenoxy) is 1. The topological polar surface area (TPSA) is 35.0 Å². The van der Waals surface area contributed by atoms with E-state index in [1.807, 2.05) is 19.1 Å². The first-order chi connectivity index (χ1) is 9.38. The minimum absolute atomic E-state index is 0.249. The first-order valence-electron chi connectivity index (χ1n) is 5.77. The summed E-state index contributed by atoms with van der Waals surface area (Å²) in [5, 5.41) is -0.514. The zero-order valence-corrected chi connectivity index (χ0v) is 11.2. The Morgan fingerprint density at radius 2 is 1.80 bits per heavy atom. The van der Waals surface area contributed by atoms with Crippen LogP contribution in [0.3, 0.4) is 0 Å². The van der Waals surface area contributed by atoms with Gasteiger partial charge in [0.25, 0.3) is 0 Å². The van der Waals surface area contributed by atoms with Gasteiger partial charge in [-0.2, -0.15) is 18.2 Å². The standard InChI is InChI=1S/C13H10ClF3N2O/c1-2-8-3-5-9(6-4-8)20-11-7-10(13(15,16)17)18-12(14)19-11/h3-7H,2H2,1H3. The van der Waals surface area contributed by atoms with Crippen molar-refractivity contribution in [2.45, 2.75) is 19.5 Å². The van der Waals surface area contributed by atoms with Gasteiger partial charge in [-0.3, -0.25) is 0 Å². The smallest absolute Gasteiger partial charge is 0.433 e. The molecule has 7 heteroatoms. The van der Waals surface area contributed by atoms with Crippen molar-refractivity contribution in [1.82, 2.24) is 9.97 Å². The molecule has 1 aromatic heterocycles. The monoisotopic (exact) mass is 302 g/mol. The lowest BCUT2D eigenvalue weighted by Crippen LogP contribution is -2.09. The van der Waals surface area contributed by atoms with Gasteiger partial charge in [-0.05, 0) is 35.7 Å². The number of rotatable bonds is 3.